The quantitative estimate of drug-likeness (QED) is 0.801. The molecule has 84 valence electrons. The molecule has 0 bridgehead atoms. The normalized spacial score (nSPS) is 12.8. The van der Waals surface area contributed by atoms with E-state index >= 15 is 0 Å². The fourth-order valence-electron chi connectivity index (χ4n) is 1.30. The summed E-state index contributed by atoms with van der Waals surface area (Å²) in [5, 5.41) is 5.60. The zero-order valence-electron chi connectivity index (χ0n) is 10.1. The van der Waals surface area contributed by atoms with E-state index < -0.39 is 0 Å². The maximum absolute atomic E-state index is 3.48. The Labute approximate surface area is 97.2 Å². The maximum atomic E-state index is 3.48. The lowest BCUT2D eigenvalue weighted by molar-refractivity contribution is 0.593. The highest BCUT2D eigenvalue weighted by Crippen LogP contribution is 2.17. The van der Waals surface area contributed by atoms with Gasteiger partial charge >= 0.3 is 0 Å². The first kappa shape index (κ1) is 12.5. The molecule has 0 amide bonds. The summed E-state index contributed by atoms with van der Waals surface area (Å²) in [5.41, 5.74) is 1.48. The average Bonchev–Trinajstić information content (AvgIpc) is 2.63. The minimum absolute atomic E-state index is 0.551. The molecule has 0 saturated carbocycles. The molecule has 0 fully saturated rings. The third kappa shape index (κ3) is 4.63. The van der Waals surface area contributed by atoms with E-state index in [1.807, 2.05) is 0 Å². The van der Waals surface area contributed by atoms with Crippen LogP contribution < -0.4 is 5.32 Å². The van der Waals surface area contributed by atoms with E-state index in [1.54, 1.807) is 11.3 Å². The molecule has 1 aromatic rings. The van der Waals surface area contributed by atoms with Gasteiger partial charge < -0.3 is 5.32 Å². The van der Waals surface area contributed by atoms with E-state index in [1.165, 1.54) is 10.5 Å². The highest BCUT2D eigenvalue weighted by Gasteiger charge is 2.04. The van der Waals surface area contributed by atoms with Crippen molar-refractivity contribution in [3.63, 3.8) is 0 Å². The molecule has 0 aromatic carbocycles. The fraction of sp³-hybridized carbons (Fsp3) is 0.538. The summed E-state index contributed by atoms with van der Waals surface area (Å²) in [6, 6.07) is 4.82. The zero-order valence-corrected chi connectivity index (χ0v) is 10.9. The second-order valence-electron chi connectivity index (χ2n) is 4.42. The van der Waals surface area contributed by atoms with Crippen molar-refractivity contribution in [3.05, 3.63) is 28.0 Å². The Kier molecular flexibility index (Phi) is 5.06. The van der Waals surface area contributed by atoms with Crippen LogP contribution in [-0.2, 0) is 0 Å². The monoisotopic (exact) mass is 223 g/mol. The molecule has 0 aliphatic carbocycles. The van der Waals surface area contributed by atoms with Crippen LogP contribution in [0.4, 0.5) is 0 Å². The molecule has 2 heteroatoms. The highest BCUT2D eigenvalue weighted by molar-refractivity contribution is 7.10. The van der Waals surface area contributed by atoms with Crippen molar-refractivity contribution >= 4 is 17.4 Å². The van der Waals surface area contributed by atoms with Gasteiger partial charge in [-0.2, -0.15) is 0 Å². The Morgan fingerprint density at radius 1 is 1.40 bits per heavy atom. The van der Waals surface area contributed by atoms with Gasteiger partial charge in [-0.25, -0.2) is 0 Å². The van der Waals surface area contributed by atoms with Crippen molar-refractivity contribution < 1.29 is 0 Å². The smallest absolute Gasteiger partial charge is 0.0270 e. The standard InChI is InChI=1S/C13H21NS/c1-10(2)12(9-14-11(3)4)8-13-6-5-7-15-13/h5-8,10-11,14H,9H2,1-4H3. The van der Waals surface area contributed by atoms with Gasteiger partial charge in [0.2, 0.25) is 0 Å². The maximum Gasteiger partial charge on any atom is 0.0270 e. The largest absolute Gasteiger partial charge is 0.311 e. The summed E-state index contributed by atoms with van der Waals surface area (Å²) in [6.45, 7) is 9.86. The van der Waals surface area contributed by atoms with Crippen LogP contribution in [-0.4, -0.2) is 12.6 Å². The molecule has 15 heavy (non-hydrogen) atoms. The second kappa shape index (κ2) is 6.09. The van der Waals surface area contributed by atoms with Crippen molar-refractivity contribution in [3.8, 4) is 0 Å². The van der Waals surface area contributed by atoms with Gasteiger partial charge in [-0.05, 0) is 23.4 Å². The summed E-state index contributed by atoms with van der Waals surface area (Å²) in [4.78, 5) is 1.35. The van der Waals surface area contributed by atoms with E-state index in [0.29, 0.717) is 12.0 Å². The first-order chi connectivity index (χ1) is 7.09. The van der Waals surface area contributed by atoms with Crippen molar-refractivity contribution in [1.82, 2.24) is 5.32 Å². The summed E-state index contributed by atoms with van der Waals surface area (Å²) < 4.78 is 0. The van der Waals surface area contributed by atoms with E-state index in [0.717, 1.165) is 6.54 Å². The van der Waals surface area contributed by atoms with Gasteiger partial charge in [0.25, 0.3) is 0 Å². The summed E-state index contributed by atoms with van der Waals surface area (Å²) in [6.07, 6.45) is 2.31. The van der Waals surface area contributed by atoms with E-state index in [2.05, 4.69) is 56.6 Å². The lowest BCUT2D eigenvalue weighted by Gasteiger charge is -2.14. The zero-order chi connectivity index (χ0) is 11.3. The van der Waals surface area contributed by atoms with E-state index in [4.69, 9.17) is 0 Å². The van der Waals surface area contributed by atoms with Gasteiger partial charge in [0, 0.05) is 17.5 Å². The summed E-state index contributed by atoms with van der Waals surface area (Å²) >= 11 is 1.80. The van der Waals surface area contributed by atoms with Crippen LogP contribution in [0.2, 0.25) is 0 Å². The van der Waals surface area contributed by atoms with Crippen molar-refractivity contribution in [2.24, 2.45) is 5.92 Å². The molecule has 0 spiro atoms. The van der Waals surface area contributed by atoms with Crippen molar-refractivity contribution in [1.29, 1.82) is 0 Å². The van der Waals surface area contributed by atoms with Gasteiger partial charge in [-0.3, -0.25) is 0 Å². The van der Waals surface area contributed by atoms with Crippen LogP contribution >= 0.6 is 11.3 Å². The number of thiophene rings is 1. The predicted molar refractivity (Wildman–Crippen MR) is 70.3 cm³/mol. The lowest BCUT2D eigenvalue weighted by atomic mass is 10.0. The Balaban J connectivity index is 2.65. The first-order valence-electron chi connectivity index (χ1n) is 5.57. The number of rotatable bonds is 5. The van der Waals surface area contributed by atoms with Crippen LogP contribution in [0.3, 0.4) is 0 Å². The third-order valence-electron chi connectivity index (χ3n) is 2.33. The first-order valence-corrected chi connectivity index (χ1v) is 6.45. The number of hydrogen-bond donors (Lipinski definition) is 1. The van der Waals surface area contributed by atoms with Crippen LogP contribution in [0, 0.1) is 5.92 Å². The molecular weight excluding hydrogens is 202 g/mol. The highest BCUT2D eigenvalue weighted by atomic mass is 32.1. The molecule has 0 aliphatic rings. The number of hydrogen-bond acceptors (Lipinski definition) is 2. The molecule has 1 N–H and O–H groups in total. The SMILES string of the molecule is CC(C)NCC(=Cc1cccs1)C(C)C. The Morgan fingerprint density at radius 3 is 2.60 bits per heavy atom. The van der Waals surface area contributed by atoms with Crippen molar-refractivity contribution in [2.75, 3.05) is 6.54 Å². The fourth-order valence-corrected chi connectivity index (χ4v) is 1.99. The lowest BCUT2D eigenvalue weighted by Crippen LogP contribution is -2.26. The Bertz CT molecular complexity index is 296. The molecular formula is C13H21NS. The van der Waals surface area contributed by atoms with Gasteiger partial charge in [0.15, 0.2) is 0 Å². The van der Waals surface area contributed by atoms with Gasteiger partial charge in [0.05, 0.1) is 0 Å². The Morgan fingerprint density at radius 2 is 2.13 bits per heavy atom. The molecule has 0 saturated heterocycles. The van der Waals surface area contributed by atoms with E-state index in [9.17, 15) is 0 Å². The number of nitrogens with one attached hydrogen (secondary N) is 1. The second-order valence-corrected chi connectivity index (χ2v) is 5.40. The van der Waals surface area contributed by atoms with Crippen LogP contribution in [0.5, 0.6) is 0 Å². The van der Waals surface area contributed by atoms with Crippen LogP contribution in [0.25, 0.3) is 6.08 Å². The minimum atomic E-state index is 0.551. The predicted octanol–water partition coefficient (Wildman–Crippen LogP) is 3.79. The minimum Gasteiger partial charge on any atom is -0.311 e. The summed E-state index contributed by atoms with van der Waals surface area (Å²) in [7, 11) is 0. The molecule has 0 atom stereocenters. The molecule has 1 rings (SSSR count). The molecule has 1 nitrogen and oxygen atoms in total. The van der Waals surface area contributed by atoms with Crippen molar-refractivity contribution in [2.45, 2.75) is 33.7 Å². The molecule has 1 aromatic heterocycles. The topological polar surface area (TPSA) is 12.0 Å². The average molecular weight is 223 g/mol. The Hall–Kier alpha value is -0.600. The molecule has 0 radical (unpaired) electrons. The molecule has 0 unspecified atom stereocenters. The van der Waals surface area contributed by atoms with Crippen LogP contribution in [0.1, 0.15) is 32.6 Å². The third-order valence-corrected chi connectivity index (χ3v) is 3.15. The van der Waals surface area contributed by atoms with Gasteiger partial charge in [-0.1, -0.05) is 39.3 Å². The van der Waals surface area contributed by atoms with Gasteiger partial charge in [-0.15, -0.1) is 11.3 Å². The molecule has 0 aliphatic heterocycles. The summed E-state index contributed by atoms with van der Waals surface area (Å²) in [5.74, 6) is 0.610. The van der Waals surface area contributed by atoms with Gasteiger partial charge in [0.1, 0.15) is 0 Å². The van der Waals surface area contributed by atoms with E-state index in [-0.39, 0.29) is 0 Å². The molecule has 1 heterocycles. The van der Waals surface area contributed by atoms with Crippen LogP contribution in [0.15, 0.2) is 23.1 Å².